The first-order valence-corrected chi connectivity index (χ1v) is 9.62. The fourth-order valence-electron chi connectivity index (χ4n) is 3.70. The van der Waals surface area contributed by atoms with E-state index in [0.29, 0.717) is 28.6 Å². The molecule has 146 valence electrons. The average Bonchev–Trinajstić information content (AvgIpc) is 3.08. The molecule has 7 nitrogen and oxygen atoms in total. The molecule has 0 amide bonds. The molecule has 1 atom stereocenters. The van der Waals surface area contributed by atoms with Gasteiger partial charge >= 0.3 is 0 Å². The van der Waals surface area contributed by atoms with E-state index in [1.54, 1.807) is 12.3 Å². The molecule has 28 heavy (non-hydrogen) atoms. The number of rotatable bonds is 3. The van der Waals surface area contributed by atoms with Crippen molar-refractivity contribution in [3.63, 3.8) is 0 Å². The molecule has 0 aliphatic carbocycles. The number of aromatic hydroxyl groups is 1. The van der Waals surface area contributed by atoms with Crippen molar-refractivity contribution in [2.45, 2.75) is 45.7 Å². The number of phenolic OH excluding ortho intramolecular Hbond substituents is 1. The number of phenols is 1. The third-order valence-electron chi connectivity index (χ3n) is 4.89. The first kappa shape index (κ1) is 18.6. The molecule has 1 fully saturated rings. The molecule has 4 rings (SSSR count). The van der Waals surface area contributed by atoms with Crippen LogP contribution in [0.1, 0.15) is 33.0 Å². The van der Waals surface area contributed by atoms with Crippen LogP contribution in [0.5, 0.6) is 5.75 Å². The molecule has 0 spiro atoms. The Bertz CT molecular complexity index is 996. The van der Waals surface area contributed by atoms with Gasteiger partial charge in [-0.05, 0) is 52.3 Å². The molecule has 3 aromatic rings. The maximum atomic E-state index is 10.4. The number of hydrogen-bond donors (Lipinski definition) is 2. The summed E-state index contributed by atoms with van der Waals surface area (Å²) < 4.78 is 0. The standard InChI is InChI=1S/C21H26N6O/c1-13-22-11-14-9-16(19(28)10-18(14)23-13)17-5-6-20(26-25-17)27-8-7-15(12-27)24-21(2,3)4/h5-6,9-11,15,24,28H,7-8,12H2,1-4H3. The highest BCUT2D eigenvalue weighted by molar-refractivity contribution is 5.86. The van der Waals surface area contributed by atoms with E-state index in [4.69, 9.17) is 0 Å². The predicted octanol–water partition coefficient (Wildman–Crippen LogP) is 3.07. The average molecular weight is 378 g/mol. The Morgan fingerprint density at radius 3 is 2.71 bits per heavy atom. The van der Waals surface area contributed by atoms with Crippen LogP contribution in [0.15, 0.2) is 30.5 Å². The number of nitrogens with one attached hydrogen (secondary N) is 1. The van der Waals surface area contributed by atoms with Gasteiger partial charge in [-0.15, -0.1) is 10.2 Å². The molecule has 1 aliphatic rings. The monoisotopic (exact) mass is 378 g/mol. The van der Waals surface area contributed by atoms with Crippen LogP contribution < -0.4 is 10.2 Å². The number of hydrogen-bond acceptors (Lipinski definition) is 7. The molecule has 1 saturated heterocycles. The van der Waals surface area contributed by atoms with Crippen LogP contribution in [-0.4, -0.2) is 49.9 Å². The summed E-state index contributed by atoms with van der Waals surface area (Å²) in [4.78, 5) is 10.8. The molecule has 2 N–H and O–H groups in total. The largest absolute Gasteiger partial charge is 0.507 e. The SMILES string of the molecule is Cc1ncc2cc(-c3ccc(N4CCC(NC(C)(C)C)C4)nn3)c(O)cc2n1. The summed E-state index contributed by atoms with van der Waals surface area (Å²) in [7, 11) is 0. The smallest absolute Gasteiger partial charge is 0.151 e. The number of nitrogens with zero attached hydrogens (tertiary/aromatic N) is 5. The van der Waals surface area contributed by atoms with Gasteiger partial charge in [-0.25, -0.2) is 9.97 Å². The Hall–Kier alpha value is -2.80. The van der Waals surface area contributed by atoms with Gasteiger partial charge in [-0.1, -0.05) is 0 Å². The minimum Gasteiger partial charge on any atom is -0.507 e. The topological polar surface area (TPSA) is 87.1 Å². The molecule has 1 aromatic carbocycles. The number of anilines is 1. The van der Waals surface area contributed by atoms with Crippen molar-refractivity contribution in [3.05, 3.63) is 36.3 Å². The lowest BCUT2D eigenvalue weighted by atomic mass is 10.1. The summed E-state index contributed by atoms with van der Waals surface area (Å²) in [6, 6.07) is 7.83. The molecule has 1 unspecified atom stereocenters. The van der Waals surface area contributed by atoms with Gasteiger partial charge in [0, 0.05) is 47.9 Å². The predicted molar refractivity (Wildman–Crippen MR) is 110 cm³/mol. The Morgan fingerprint density at radius 2 is 2.00 bits per heavy atom. The first-order valence-electron chi connectivity index (χ1n) is 9.62. The summed E-state index contributed by atoms with van der Waals surface area (Å²) in [5.41, 5.74) is 2.08. The molecular weight excluding hydrogens is 352 g/mol. The number of benzene rings is 1. The zero-order valence-electron chi connectivity index (χ0n) is 16.8. The number of aryl methyl sites for hydroxylation is 1. The Kier molecular flexibility index (Phi) is 4.63. The summed E-state index contributed by atoms with van der Waals surface area (Å²) >= 11 is 0. The molecule has 0 radical (unpaired) electrons. The van der Waals surface area contributed by atoms with Crippen molar-refractivity contribution in [1.29, 1.82) is 0 Å². The van der Waals surface area contributed by atoms with E-state index in [2.05, 4.69) is 51.2 Å². The minimum absolute atomic E-state index is 0.103. The molecule has 0 saturated carbocycles. The van der Waals surface area contributed by atoms with Crippen LogP contribution in [0.4, 0.5) is 5.82 Å². The summed E-state index contributed by atoms with van der Waals surface area (Å²) in [6.07, 6.45) is 2.85. The van der Waals surface area contributed by atoms with E-state index in [9.17, 15) is 5.11 Å². The van der Waals surface area contributed by atoms with Crippen LogP contribution in [0.3, 0.4) is 0 Å². The Balaban J connectivity index is 1.55. The third kappa shape index (κ3) is 3.89. The molecule has 1 aliphatic heterocycles. The summed E-state index contributed by atoms with van der Waals surface area (Å²) in [5.74, 6) is 1.68. The maximum absolute atomic E-state index is 10.4. The quantitative estimate of drug-likeness (QED) is 0.724. The minimum atomic E-state index is 0.103. The van der Waals surface area contributed by atoms with Gasteiger partial charge in [0.25, 0.3) is 0 Å². The fraction of sp³-hybridized carbons (Fsp3) is 0.429. The van der Waals surface area contributed by atoms with Crippen LogP contribution >= 0.6 is 0 Å². The van der Waals surface area contributed by atoms with Crippen molar-refractivity contribution in [2.75, 3.05) is 18.0 Å². The molecule has 3 heterocycles. The van der Waals surface area contributed by atoms with E-state index in [0.717, 1.165) is 30.7 Å². The highest BCUT2D eigenvalue weighted by Crippen LogP contribution is 2.32. The zero-order valence-corrected chi connectivity index (χ0v) is 16.8. The molecule has 0 bridgehead atoms. The van der Waals surface area contributed by atoms with Crippen LogP contribution in [-0.2, 0) is 0 Å². The fourth-order valence-corrected chi connectivity index (χ4v) is 3.70. The third-order valence-corrected chi connectivity index (χ3v) is 4.89. The van der Waals surface area contributed by atoms with E-state index in [1.807, 2.05) is 25.1 Å². The van der Waals surface area contributed by atoms with Gasteiger partial charge in [-0.3, -0.25) is 0 Å². The number of fused-ring (bicyclic) bond motifs is 1. The van der Waals surface area contributed by atoms with E-state index in [-0.39, 0.29) is 11.3 Å². The van der Waals surface area contributed by atoms with Crippen molar-refractivity contribution in [2.24, 2.45) is 0 Å². The van der Waals surface area contributed by atoms with Gasteiger partial charge in [0.15, 0.2) is 5.82 Å². The second kappa shape index (κ2) is 6.98. The van der Waals surface area contributed by atoms with Crippen LogP contribution in [0.2, 0.25) is 0 Å². The maximum Gasteiger partial charge on any atom is 0.151 e. The second-order valence-corrected chi connectivity index (χ2v) is 8.45. The zero-order chi connectivity index (χ0) is 19.9. The van der Waals surface area contributed by atoms with Crippen molar-refractivity contribution in [3.8, 4) is 17.0 Å². The second-order valence-electron chi connectivity index (χ2n) is 8.45. The Labute approximate surface area is 164 Å². The lowest BCUT2D eigenvalue weighted by molar-refractivity contribution is 0.373. The van der Waals surface area contributed by atoms with Crippen molar-refractivity contribution >= 4 is 16.7 Å². The Morgan fingerprint density at radius 1 is 1.18 bits per heavy atom. The number of aromatic nitrogens is 4. The molecule has 2 aromatic heterocycles. The van der Waals surface area contributed by atoms with Gasteiger partial charge in [-0.2, -0.15) is 0 Å². The summed E-state index contributed by atoms with van der Waals surface area (Å²) in [5, 5.41) is 23.7. The van der Waals surface area contributed by atoms with E-state index < -0.39 is 0 Å². The lowest BCUT2D eigenvalue weighted by Gasteiger charge is -2.26. The van der Waals surface area contributed by atoms with Gasteiger partial charge in [0.2, 0.25) is 0 Å². The van der Waals surface area contributed by atoms with Crippen LogP contribution in [0.25, 0.3) is 22.2 Å². The highest BCUT2D eigenvalue weighted by atomic mass is 16.3. The molecule has 7 heteroatoms. The lowest BCUT2D eigenvalue weighted by Crippen LogP contribution is -2.45. The van der Waals surface area contributed by atoms with E-state index >= 15 is 0 Å². The van der Waals surface area contributed by atoms with E-state index in [1.165, 1.54) is 0 Å². The van der Waals surface area contributed by atoms with Crippen LogP contribution in [0, 0.1) is 6.92 Å². The van der Waals surface area contributed by atoms with Gasteiger partial charge in [0.1, 0.15) is 11.6 Å². The summed E-state index contributed by atoms with van der Waals surface area (Å²) in [6.45, 7) is 10.3. The first-order chi connectivity index (χ1) is 13.3. The van der Waals surface area contributed by atoms with Crippen molar-refractivity contribution < 1.29 is 5.11 Å². The normalized spacial score (nSPS) is 17.4. The van der Waals surface area contributed by atoms with Crippen molar-refractivity contribution in [1.82, 2.24) is 25.5 Å². The van der Waals surface area contributed by atoms with Gasteiger partial charge < -0.3 is 15.3 Å². The van der Waals surface area contributed by atoms with Gasteiger partial charge in [0.05, 0.1) is 11.2 Å². The molecular formula is C21H26N6O. The highest BCUT2D eigenvalue weighted by Gasteiger charge is 2.26.